The lowest BCUT2D eigenvalue weighted by atomic mass is 10.2. The summed E-state index contributed by atoms with van der Waals surface area (Å²) in [6, 6.07) is 5.65. The fourth-order valence-electron chi connectivity index (χ4n) is 1.51. The van der Waals surface area contributed by atoms with Gasteiger partial charge in [0, 0.05) is 30.0 Å². The Kier molecular flexibility index (Phi) is 5.00. The minimum Gasteiger partial charge on any atom is -0.352 e. The molecule has 0 aliphatic carbocycles. The van der Waals surface area contributed by atoms with Gasteiger partial charge in [-0.2, -0.15) is 0 Å². The van der Waals surface area contributed by atoms with Crippen molar-refractivity contribution in [1.29, 1.82) is 0 Å². The lowest BCUT2D eigenvalue weighted by molar-refractivity contribution is 0.0954. The topological polar surface area (TPSA) is 66.9 Å². The minimum absolute atomic E-state index is 0.271. The molecular weight excluding hydrogens is 327 g/mol. The summed E-state index contributed by atoms with van der Waals surface area (Å²) in [6.07, 6.45) is 3.26. The van der Waals surface area contributed by atoms with Gasteiger partial charge in [-0.15, -0.1) is 0 Å². The number of hydrogen-bond donors (Lipinski definition) is 2. The fraction of sp³-hybridized carbons (Fsp3) is 0.154. The lowest BCUT2D eigenvalue weighted by Gasteiger charge is -2.08. The van der Waals surface area contributed by atoms with Gasteiger partial charge in [-0.05, 0) is 40.2 Å². The Morgan fingerprint density at radius 2 is 2.00 bits per heavy atom. The molecule has 7 heteroatoms. The Hall–Kier alpha value is -2.02. The molecule has 0 atom stereocenters. The van der Waals surface area contributed by atoms with E-state index in [2.05, 4.69) is 36.5 Å². The molecule has 0 radical (unpaired) electrons. The first-order valence-corrected chi connectivity index (χ1v) is 6.70. The summed E-state index contributed by atoms with van der Waals surface area (Å²) in [4.78, 5) is 19.9. The molecule has 1 amide bonds. The number of hydrogen-bond acceptors (Lipinski definition) is 4. The van der Waals surface area contributed by atoms with Crippen LogP contribution in [0.15, 0.2) is 41.1 Å². The second kappa shape index (κ2) is 6.95. The zero-order chi connectivity index (χ0) is 14.4. The average Bonchev–Trinajstić information content (AvgIpc) is 2.44. The molecule has 2 N–H and O–H groups in total. The molecule has 1 heterocycles. The van der Waals surface area contributed by atoms with E-state index in [9.17, 15) is 9.18 Å². The highest BCUT2D eigenvalue weighted by Crippen LogP contribution is 2.17. The first-order valence-electron chi connectivity index (χ1n) is 5.91. The summed E-state index contributed by atoms with van der Waals surface area (Å²) in [5, 5.41) is 5.69. The first kappa shape index (κ1) is 14.4. The Balaban J connectivity index is 1.80. The molecule has 104 valence electrons. The van der Waals surface area contributed by atoms with Crippen LogP contribution in [0.2, 0.25) is 0 Å². The van der Waals surface area contributed by atoms with Crippen LogP contribution in [-0.4, -0.2) is 29.0 Å². The summed E-state index contributed by atoms with van der Waals surface area (Å²) in [5.41, 5.74) is 0.391. The van der Waals surface area contributed by atoms with Crippen LogP contribution in [0.4, 0.5) is 10.3 Å². The number of carbonyl (C=O) groups excluding carboxylic acids is 1. The smallest absolute Gasteiger partial charge is 0.252 e. The van der Waals surface area contributed by atoms with E-state index in [1.807, 2.05) is 0 Å². The van der Waals surface area contributed by atoms with Crippen LogP contribution in [0.25, 0.3) is 0 Å². The van der Waals surface area contributed by atoms with Crippen molar-refractivity contribution in [3.8, 4) is 0 Å². The highest BCUT2D eigenvalue weighted by atomic mass is 79.9. The third kappa shape index (κ3) is 3.99. The third-order valence-electron chi connectivity index (χ3n) is 2.44. The van der Waals surface area contributed by atoms with Crippen LogP contribution in [0.3, 0.4) is 0 Å². The number of halogens is 2. The van der Waals surface area contributed by atoms with Crippen molar-refractivity contribution in [2.75, 3.05) is 18.4 Å². The van der Waals surface area contributed by atoms with Crippen molar-refractivity contribution >= 4 is 27.8 Å². The van der Waals surface area contributed by atoms with Crippen molar-refractivity contribution in [2.45, 2.75) is 0 Å². The molecular formula is C13H12BrFN4O. The molecule has 2 aromatic rings. The van der Waals surface area contributed by atoms with E-state index in [0.717, 1.165) is 0 Å². The maximum absolute atomic E-state index is 12.9. The van der Waals surface area contributed by atoms with Crippen molar-refractivity contribution in [1.82, 2.24) is 15.3 Å². The molecule has 0 saturated carbocycles. The second-order valence-corrected chi connectivity index (χ2v) is 4.73. The summed E-state index contributed by atoms with van der Waals surface area (Å²) in [6.45, 7) is 0.898. The molecule has 20 heavy (non-hydrogen) atoms. The highest BCUT2D eigenvalue weighted by molar-refractivity contribution is 9.10. The largest absolute Gasteiger partial charge is 0.352 e. The van der Waals surface area contributed by atoms with E-state index in [1.54, 1.807) is 18.5 Å². The molecule has 0 saturated heterocycles. The molecule has 0 aliphatic rings. The molecule has 1 aromatic heterocycles. The van der Waals surface area contributed by atoms with E-state index in [4.69, 9.17) is 0 Å². The number of rotatable bonds is 5. The maximum Gasteiger partial charge on any atom is 0.252 e. The molecule has 0 aliphatic heterocycles. The molecule has 2 rings (SSSR count). The standard InChI is InChI=1S/C13H12BrFN4O/c14-11-8-9(15)2-3-10(11)12(20)16-6-7-19-13-17-4-1-5-18-13/h1-5,8H,6-7H2,(H,16,20)(H,17,18,19). The Morgan fingerprint density at radius 3 is 2.70 bits per heavy atom. The number of aromatic nitrogens is 2. The number of nitrogens with one attached hydrogen (secondary N) is 2. The minimum atomic E-state index is -0.392. The quantitative estimate of drug-likeness (QED) is 0.820. The van der Waals surface area contributed by atoms with Gasteiger partial charge in [0.1, 0.15) is 5.82 Å². The van der Waals surface area contributed by atoms with E-state index < -0.39 is 5.82 Å². The van der Waals surface area contributed by atoms with E-state index in [1.165, 1.54) is 18.2 Å². The van der Waals surface area contributed by atoms with Crippen LogP contribution in [0.1, 0.15) is 10.4 Å². The van der Waals surface area contributed by atoms with Gasteiger partial charge in [-0.25, -0.2) is 14.4 Å². The molecule has 0 spiro atoms. The van der Waals surface area contributed by atoms with Gasteiger partial charge in [0.15, 0.2) is 0 Å². The zero-order valence-electron chi connectivity index (χ0n) is 10.4. The maximum atomic E-state index is 12.9. The van der Waals surface area contributed by atoms with Crippen LogP contribution >= 0.6 is 15.9 Å². The number of carbonyl (C=O) groups is 1. The Labute approximate surface area is 123 Å². The number of nitrogens with zero attached hydrogens (tertiary/aromatic N) is 2. The van der Waals surface area contributed by atoms with Crippen LogP contribution in [0, 0.1) is 5.82 Å². The number of anilines is 1. The van der Waals surface area contributed by atoms with Crippen molar-refractivity contribution in [3.63, 3.8) is 0 Å². The van der Waals surface area contributed by atoms with Gasteiger partial charge in [0.25, 0.3) is 5.91 Å². The van der Waals surface area contributed by atoms with E-state index in [0.29, 0.717) is 29.1 Å². The predicted octanol–water partition coefficient (Wildman–Crippen LogP) is 2.22. The van der Waals surface area contributed by atoms with Gasteiger partial charge in [0.05, 0.1) is 5.56 Å². The van der Waals surface area contributed by atoms with Crippen LogP contribution in [0.5, 0.6) is 0 Å². The van der Waals surface area contributed by atoms with Gasteiger partial charge < -0.3 is 10.6 Å². The molecule has 0 fully saturated rings. The number of benzene rings is 1. The summed E-state index contributed by atoms with van der Waals surface area (Å²) in [5.74, 6) is -0.159. The summed E-state index contributed by atoms with van der Waals surface area (Å²) < 4.78 is 13.3. The van der Waals surface area contributed by atoms with Crippen LogP contribution < -0.4 is 10.6 Å². The van der Waals surface area contributed by atoms with Crippen molar-refractivity contribution in [3.05, 3.63) is 52.5 Å². The van der Waals surface area contributed by atoms with Gasteiger partial charge in [-0.3, -0.25) is 4.79 Å². The second-order valence-electron chi connectivity index (χ2n) is 3.88. The van der Waals surface area contributed by atoms with Gasteiger partial charge in [-0.1, -0.05) is 0 Å². The van der Waals surface area contributed by atoms with E-state index in [-0.39, 0.29) is 5.91 Å². The lowest BCUT2D eigenvalue weighted by Crippen LogP contribution is -2.29. The SMILES string of the molecule is O=C(NCCNc1ncccn1)c1ccc(F)cc1Br. The zero-order valence-corrected chi connectivity index (χ0v) is 12.0. The predicted molar refractivity (Wildman–Crippen MR) is 77.0 cm³/mol. The fourth-order valence-corrected chi connectivity index (χ4v) is 2.04. The average molecular weight is 339 g/mol. The van der Waals surface area contributed by atoms with Crippen LogP contribution in [-0.2, 0) is 0 Å². The number of amides is 1. The normalized spacial score (nSPS) is 10.1. The molecule has 0 unspecified atom stereocenters. The summed E-state index contributed by atoms with van der Waals surface area (Å²) >= 11 is 3.16. The molecule has 5 nitrogen and oxygen atoms in total. The Morgan fingerprint density at radius 1 is 1.25 bits per heavy atom. The highest BCUT2D eigenvalue weighted by Gasteiger charge is 2.09. The summed E-state index contributed by atoms with van der Waals surface area (Å²) in [7, 11) is 0. The van der Waals surface area contributed by atoms with Crippen molar-refractivity contribution < 1.29 is 9.18 Å². The van der Waals surface area contributed by atoms with E-state index >= 15 is 0 Å². The monoisotopic (exact) mass is 338 g/mol. The molecule has 1 aromatic carbocycles. The third-order valence-corrected chi connectivity index (χ3v) is 3.09. The van der Waals surface area contributed by atoms with Gasteiger partial charge in [0.2, 0.25) is 5.95 Å². The Bertz CT molecular complexity index is 594. The first-order chi connectivity index (χ1) is 9.66. The molecule has 0 bridgehead atoms. The van der Waals surface area contributed by atoms with Crippen molar-refractivity contribution in [2.24, 2.45) is 0 Å². The van der Waals surface area contributed by atoms with Gasteiger partial charge >= 0.3 is 0 Å².